The molecule has 0 unspecified atom stereocenters. The van der Waals surface area contributed by atoms with Crippen LogP contribution in [0.3, 0.4) is 0 Å². The number of hydrogen-bond donors (Lipinski definition) is 1. The van der Waals surface area contributed by atoms with Crippen molar-refractivity contribution in [3.8, 4) is 17.2 Å². The van der Waals surface area contributed by atoms with E-state index in [9.17, 15) is 5.11 Å². The smallest absolute Gasteiger partial charge is 0.175 e. The van der Waals surface area contributed by atoms with Crippen LogP contribution >= 0.6 is 31.9 Å². The van der Waals surface area contributed by atoms with E-state index in [0.717, 1.165) is 8.95 Å². The van der Waals surface area contributed by atoms with E-state index in [1.807, 2.05) is 12.1 Å². The number of aromatic hydroxyl groups is 1. The lowest BCUT2D eigenvalue weighted by molar-refractivity contribution is 0.170. The molecule has 0 atom stereocenters. The summed E-state index contributed by atoms with van der Waals surface area (Å²) >= 11 is 6.82. The Morgan fingerprint density at radius 2 is 1.90 bits per heavy atom. The number of fused-ring (bicyclic) bond motifs is 1. The Balaban J connectivity index is 1.93. The Hall–Kier alpha value is -1.53. The first-order chi connectivity index (χ1) is 10.1. The van der Waals surface area contributed by atoms with E-state index in [1.54, 1.807) is 24.4 Å². The zero-order chi connectivity index (χ0) is 14.8. The molecule has 21 heavy (non-hydrogen) atoms. The standard InChI is InChI=1S/C15H11Br2NO3/c16-10-1-2-13(19)9(5-10)8-18-11-6-12(17)15-14(7-11)20-3-4-21-15/h1-2,5-8,19H,3-4H2. The van der Waals surface area contributed by atoms with Crippen LogP contribution in [0.15, 0.2) is 44.3 Å². The van der Waals surface area contributed by atoms with Gasteiger partial charge >= 0.3 is 0 Å². The molecule has 3 rings (SSSR count). The molecule has 0 aliphatic carbocycles. The second-order valence-corrected chi connectivity index (χ2v) is 6.18. The lowest BCUT2D eigenvalue weighted by Gasteiger charge is -2.19. The molecule has 4 nitrogen and oxygen atoms in total. The van der Waals surface area contributed by atoms with E-state index < -0.39 is 0 Å². The number of phenols is 1. The highest BCUT2D eigenvalue weighted by molar-refractivity contribution is 9.10. The van der Waals surface area contributed by atoms with Crippen LogP contribution < -0.4 is 9.47 Å². The van der Waals surface area contributed by atoms with E-state index in [-0.39, 0.29) is 5.75 Å². The second kappa shape index (κ2) is 6.07. The summed E-state index contributed by atoms with van der Waals surface area (Å²) in [6.07, 6.45) is 1.61. The molecule has 0 fully saturated rings. The van der Waals surface area contributed by atoms with Gasteiger partial charge in [0.05, 0.1) is 10.2 Å². The molecule has 0 aromatic heterocycles. The summed E-state index contributed by atoms with van der Waals surface area (Å²) in [4.78, 5) is 4.38. The average Bonchev–Trinajstić information content (AvgIpc) is 2.48. The monoisotopic (exact) mass is 411 g/mol. The predicted octanol–water partition coefficient (Wildman–Crippen LogP) is 4.44. The molecule has 6 heteroatoms. The average molecular weight is 413 g/mol. The van der Waals surface area contributed by atoms with Crippen molar-refractivity contribution in [2.75, 3.05) is 13.2 Å². The molecule has 1 aliphatic heterocycles. The molecule has 0 amide bonds. The van der Waals surface area contributed by atoms with Gasteiger partial charge in [0.1, 0.15) is 19.0 Å². The third-order valence-electron chi connectivity index (χ3n) is 2.92. The number of halogens is 2. The first-order valence-corrected chi connectivity index (χ1v) is 7.84. The normalized spacial score (nSPS) is 13.6. The van der Waals surface area contributed by atoms with Crippen LogP contribution in [0.2, 0.25) is 0 Å². The molecule has 0 saturated carbocycles. The summed E-state index contributed by atoms with van der Waals surface area (Å²) in [5.74, 6) is 1.55. The van der Waals surface area contributed by atoms with E-state index in [4.69, 9.17) is 9.47 Å². The van der Waals surface area contributed by atoms with Gasteiger partial charge in [-0.25, -0.2) is 0 Å². The largest absolute Gasteiger partial charge is 0.507 e. The third kappa shape index (κ3) is 3.22. The summed E-state index contributed by atoms with van der Waals surface area (Å²) in [5.41, 5.74) is 1.35. The molecule has 1 heterocycles. The molecule has 108 valence electrons. The topological polar surface area (TPSA) is 51.1 Å². The summed E-state index contributed by atoms with van der Waals surface area (Å²) in [7, 11) is 0. The first kappa shape index (κ1) is 14.4. The van der Waals surface area contributed by atoms with Crippen molar-refractivity contribution in [1.82, 2.24) is 0 Å². The Kier molecular flexibility index (Phi) is 4.17. The van der Waals surface area contributed by atoms with Gasteiger partial charge in [0.25, 0.3) is 0 Å². The van der Waals surface area contributed by atoms with Crippen LogP contribution in [0, 0.1) is 0 Å². The van der Waals surface area contributed by atoms with Crippen LogP contribution in [0.25, 0.3) is 0 Å². The molecule has 1 N–H and O–H groups in total. The maximum Gasteiger partial charge on any atom is 0.175 e. The van der Waals surface area contributed by atoms with Crippen LogP contribution in [0.1, 0.15) is 5.56 Å². The summed E-state index contributed by atoms with van der Waals surface area (Å²) in [5, 5.41) is 9.79. The fourth-order valence-electron chi connectivity index (χ4n) is 1.94. The zero-order valence-corrected chi connectivity index (χ0v) is 14.0. The van der Waals surface area contributed by atoms with Gasteiger partial charge in [-0.2, -0.15) is 0 Å². The molecule has 1 aliphatic rings. The van der Waals surface area contributed by atoms with Crippen molar-refractivity contribution in [2.24, 2.45) is 4.99 Å². The summed E-state index contributed by atoms with van der Waals surface area (Å²) in [6.45, 7) is 1.07. The van der Waals surface area contributed by atoms with Crippen LogP contribution in [-0.4, -0.2) is 24.5 Å². The minimum atomic E-state index is 0.179. The van der Waals surface area contributed by atoms with Crippen LogP contribution in [0.5, 0.6) is 17.2 Å². The zero-order valence-electron chi connectivity index (χ0n) is 10.8. The number of aliphatic imine (C=N–C) groups is 1. The van der Waals surface area contributed by atoms with Crippen LogP contribution in [0.4, 0.5) is 5.69 Å². The first-order valence-electron chi connectivity index (χ1n) is 6.25. The Labute approximate surface area is 138 Å². The van der Waals surface area contributed by atoms with Gasteiger partial charge in [-0.3, -0.25) is 4.99 Å². The van der Waals surface area contributed by atoms with Gasteiger partial charge < -0.3 is 14.6 Å². The predicted molar refractivity (Wildman–Crippen MR) is 88.2 cm³/mol. The minimum absolute atomic E-state index is 0.179. The number of rotatable bonds is 2. The van der Waals surface area contributed by atoms with E-state index in [0.29, 0.717) is 36.0 Å². The van der Waals surface area contributed by atoms with E-state index in [2.05, 4.69) is 36.9 Å². The number of hydrogen-bond acceptors (Lipinski definition) is 4. The lowest BCUT2D eigenvalue weighted by atomic mass is 10.2. The SMILES string of the molecule is Oc1ccc(Br)cc1C=Nc1cc(Br)c2c(c1)OCCO2. The minimum Gasteiger partial charge on any atom is -0.507 e. The molecule has 0 saturated heterocycles. The fraction of sp³-hybridized carbons (Fsp3) is 0.133. The maximum absolute atomic E-state index is 9.79. The summed E-state index contributed by atoms with van der Waals surface area (Å²) in [6, 6.07) is 8.84. The van der Waals surface area contributed by atoms with Gasteiger partial charge in [0, 0.05) is 22.3 Å². The second-order valence-electron chi connectivity index (χ2n) is 4.41. The number of nitrogens with zero attached hydrogens (tertiary/aromatic N) is 1. The Morgan fingerprint density at radius 1 is 1.10 bits per heavy atom. The van der Waals surface area contributed by atoms with Crippen LogP contribution in [-0.2, 0) is 0 Å². The van der Waals surface area contributed by atoms with Crippen molar-refractivity contribution >= 4 is 43.8 Å². The van der Waals surface area contributed by atoms with Crippen molar-refractivity contribution in [3.05, 3.63) is 44.8 Å². The van der Waals surface area contributed by atoms with Crippen molar-refractivity contribution < 1.29 is 14.6 Å². The lowest BCUT2D eigenvalue weighted by Crippen LogP contribution is -2.15. The van der Waals surface area contributed by atoms with Gasteiger partial charge in [0.2, 0.25) is 0 Å². The Bertz CT molecular complexity index is 716. The molecule has 0 spiro atoms. The van der Waals surface area contributed by atoms with Gasteiger partial charge in [0.15, 0.2) is 11.5 Å². The van der Waals surface area contributed by atoms with Gasteiger partial charge in [-0.15, -0.1) is 0 Å². The highest BCUT2D eigenvalue weighted by atomic mass is 79.9. The highest BCUT2D eigenvalue weighted by Gasteiger charge is 2.16. The fourth-order valence-corrected chi connectivity index (χ4v) is 2.87. The van der Waals surface area contributed by atoms with Crippen molar-refractivity contribution in [3.63, 3.8) is 0 Å². The quantitative estimate of drug-likeness (QED) is 0.742. The van der Waals surface area contributed by atoms with Gasteiger partial charge in [-0.05, 0) is 40.2 Å². The van der Waals surface area contributed by atoms with E-state index in [1.165, 1.54) is 0 Å². The Morgan fingerprint density at radius 3 is 2.76 bits per heavy atom. The third-order valence-corrected chi connectivity index (χ3v) is 4.01. The molecular weight excluding hydrogens is 402 g/mol. The molecule has 2 aromatic rings. The van der Waals surface area contributed by atoms with E-state index >= 15 is 0 Å². The molecule has 2 aromatic carbocycles. The number of ether oxygens (including phenoxy) is 2. The summed E-state index contributed by atoms with van der Waals surface area (Å²) < 4.78 is 12.8. The van der Waals surface area contributed by atoms with Crippen molar-refractivity contribution in [1.29, 1.82) is 0 Å². The molecular formula is C15H11Br2NO3. The number of benzene rings is 2. The highest BCUT2D eigenvalue weighted by Crippen LogP contribution is 2.40. The van der Waals surface area contributed by atoms with Crippen molar-refractivity contribution in [2.45, 2.75) is 0 Å². The number of phenolic OH excluding ortho intramolecular Hbond substituents is 1. The molecule has 0 bridgehead atoms. The van der Waals surface area contributed by atoms with Gasteiger partial charge in [-0.1, -0.05) is 15.9 Å². The molecule has 0 radical (unpaired) electrons. The maximum atomic E-state index is 9.79.